The number of likely N-dealkylation sites (tertiary alicyclic amines) is 1. The molecule has 1 aliphatic heterocycles. The zero-order chi connectivity index (χ0) is 16.8. The van der Waals surface area contributed by atoms with Crippen LogP contribution in [0.5, 0.6) is 0 Å². The minimum absolute atomic E-state index is 0.0355. The predicted octanol–water partition coefficient (Wildman–Crippen LogP) is 2.71. The van der Waals surface area contributed by atoms with Crippen molar-refractivity contribution in [2.24, 2.45) is 0 Å². The van der Waals surface area contributed by atoms with Crippen molar-refractivity contribution < 1.29 is 9.59 Å². The van der Waals surface area contributed by atoms with Crippen LogP contribution in [0.25, 0.3) is 0 Å². The smallest absolute Gasteiger partial charge is 0.261 e. The molecule has 1 aliphatic rings. The van der Waals surface area contributed by atoms with Gasteiger partial charge in [-0.15, -0.1) is 11.3 Å². The molecule has 1 aromatic heterocycles. The predicted molar refractivity (Wildman–Crippen MR) is 96.2 cm³/mol. The van der Waals surface area contributed by atoms with E-state index in [0.717, 1.165) is 12.2 Å². The number of amides is 2. The van der Waals surface area contributed by atoms with Crippen molar-refractivity contribution in [3.63, 3.8) is 0 Å². The molecule has 2 N–H and O–H groups in total. The van der Waals surface area contributed by atoms with Gasteiger partial charge in [-0.1, -0.05) is 18.2 Å². The first kappa shape index (κ1) is 16.7. The van der Waals surface area contributed by atoms with E-state index in [-0.39, 0.29) is 18.4 Å². The molecule has 0 spiro atoms. The molecule has 1 aromatic carbocycles. The normalized spacial score (nSPS) is 14.5. The van der Waals surface area contributed by atoms with Crippen molar-refractivity contribution >= 4 is 28.8 Å². The summed E-state index contributed by atoms with van der Waals surface area (Å²) in [6.45, 7) is 3.27. The summed E-state index contributed by atoms with van der Waals surface area (Å²) >= 11 is 1.35. The summed E-state index contributed by atoms with van der Waals surface area (Å²) in [5.41, 5.74) is 2.00. The molecule has 5 nitrogen and oxygen atoms in total. The van der Waals surface area contributed by atoms with Crippen LogP contribution in [0.2, 0.25) is 0 Å². The Labute approximate surface area is 145 Å². The van der Waals surface area contributed by atoms with Crippen molar-refractivity contribution in [2.75, 3.05) is 25.0 Å². The highest BCUT2D eigenvalue weighted by Gasteiger charge is 2.12. The lowest BCUT2D eigenvalue weighted by atomic mass is 10.2. The SMILES string of the molecule is O=C(CNC(=O)c1cccs1)Nc1ccc(CN2CCCC2)cc1. The van der Waals surface area contributed by atoms with Gasteiger partial charge in [0.25, 0.3) is 5.91 Å². The number of hydrogen-bond acceptors (Lipinski definition) is 4. The fourth-order valence-electron chi connectivity index (χ4n) is 2.75. The molecule has 0 unspecified atom stereocenters. The van der Waals surface area contributed by atoms with Crippen LogP contribution in [-0.4, -0.2) is 36.3 Å². The van der Waals surface area contributed by atoms with Gasteiger partial charge >= 0.3 is 0 Å². The van der Waals surface area contributed by atoms with Gasteiger partial charge in [0.1, 0.15) is 0 Å². The second-order valence-electron chi connectivity index (χ2n) is 5.89. The minimum atomic E-state index is -0.229. The second kappa shape index (κ2) is 8.08. The zero-order valence-corrected chi connectivity index (χ0v) is 14.3. The van der Waals surface area contributed by atoms with E-state index in [1.165, 1.54) is 42.8 Å². The lowest BCUT2D eigenvalue weighted by Crippen LogP contribution is -2.32. The second-order valence-corrected chi connectivity index (χ2v) is 6.84. The monoisotopic (exact) mass is 343 g/mol. The Morgan fingerprint density at radius 3 is 2.50 bits per heavy atom. The number of benzene rings is 1. The van der Waals surface area contributed by atoms with Gasteiger partial charge in [0.05, 0.1) is 11.4 Å². The Bertz CT molecular complexity index is 677. The number of rotatable bonds is 6. The summed E-state index contributed by atoms with van der Waals surface area (Å²) in [7, 11) is 0. The van der Waals surface area contributed by atoms with Crippen LogP contribution < -0.4 is 10.6 Å². The average molecular weight is 343 g/mol. The van der Waals surface area contributed by atoms with Gasteiger partial charge in [-0.25, -0.2) is 0 Å². The van der Waals surface area contributed by atoms with Crippen LogP contribution in [0, 0.1) is 0 Å². The lowest BCUT2D eigenvalue weighted by molar-refractivity contribution is -0.115. The minimum Gasteiger partial charge on any atom is -0.342 e. The number of anilines is 1. The third-order valence-electron chi connectivity index (χ3n) is 4.00. The molecule has 0 bridgehead atoms. The highest BCUT2D eigenvalue weighted by Crippen LogP contribution is 2.15. The number of carbonyl (C=O) groups excluding carboxylic acids is 2. The Balaban J connectivity index is 1.44. The maximum atomic E-state index is 11.9. The third kappa shape index (κ3) is 4.66. The number of nitrogens with one attached hydrogen (secondary N) is 2. The maximum absolute atomic E-state index is 11.9. The molecule has 2 amide bonds. The summed E-state index contributed by atoms with van der Waals surface area (Å²) in [5, 5.41) is 7.25. The van der Waals surface area contributed by atoms with Gasteiger partial charge < -0.3 is 10.6 Å². The molecular formula is C18H21N3O2S. The first-order chi connectivity index (χ1) is 11.7. The largest absolute Gasteiger partial charge is 0.342 e. The average Bonchev–Trinajstić information content (AvgIpc) is 3.28. The Kier molecular flexibility index (Phi) is 5.61. The summed E-state index contributed by atoms with van der Waals surface area (Å²) in [6, 6.07) is 11.4. The Morgan fingerprint density at radius 2 is 1.83 bits per heavy atom. The first-order valence-electron chi connectivity index (χ1n) is 8.13. The quantitative estimate of drug-likeness (QED) is 0.848. The molecule has 24 heavy (non-hydrogen) atoms. The fraction of sp³-hybridized carbons (Fsp3) is 0.333. The molecule has 2 aromatic rings. The summed E-state index contributed by atoms with van der Waals surface area (Å²) in [4.78, 5) is 26.7. The van der Waals surface area contributed by atoms with Gasteiger partial charge in [-0.3, -0.25) is 14.5 Å². The van der Waals surface area contributed by atoms with Crippen molar-refractivity contribution in [1.29, 1.82) is 0 Å². The summed E-state index contributed by atoms with van der Waals surface area (Å²) in [6.07, 6.45) is 2.57. The van der Waals surface area contributed by atoms with E-state index in [1.54, 1.807) is 6.07 Å². The highest BCUT2D eigenvalue weighted by atomic mass is 32.1. The van der Waals surface area contributed by atoms with Crippen LogP contribution in [0.15, 0.2) is 41.8 Å². The van der Waals surface area contributed by atoms with Crippen LogP contribution in [0.4, 0.5) is 5.69 Å². The number of thiophene rings is 1. The van der Waals surface area contributed by atoms with E-state index in [4.69, 9.17) is 0 Å². The van der Waals surface area contributed by atoms with Gasteiger partial charge in [0.2, 0.25) is 5.91 Å². The molecule has 3 rings (SSSR count). The van der Waals surface area contributed by atoms with E-state index in [1.807, 2.05) is 35.7 Å². The van der Waals surface area contributed by atoms with Crippen molar-refractivity contribution in [3.05, 3.63) is 52.2 Å². The molecule has 126 valence electrons. The zero-order valence-electron chi connectivity index (χ0n) is 13.5. The standard InChI is InChI=1S/C18H21N3O2S/c22-17(12-19-18(23)16-4-3-11-24-16)20-15-7-5-14(6-8-15)13-21-9-1-2-10-21/h3-8,11H,1-2,9-10,12-13H2,(H,19,23)(H,20,22). The highest BCUT2D eigenvalue weighted by molar-refractivity contribution is 7.12. The van der Waals surface area contributed by atoms with Gasteiger partial charge in [0, 0.05) is 12.2 Å². The lowest BCUT2D eigenvalue weighted by Gasteiger charge is -2.14. The van der Waals surface area contributed by atoms with E-state index >= 15 is 0 Å². The molecule has 1 fully saturated rings. The summed E-state index contributed by atoms with van der Waals surface area (Å²) in [5.74, 6) is -0.451. The maximum Gasteiger partial charge on any atom is 0.261 e. The molecular weight excluding hydrogens is 322 g/mol. The van der Waals surface area contributed by atoms with Crippen LogP contribution >= 0.6 is 11.3 Å². The molecule has 2 heterocycles. The van der Waals surface area contributed by atoms with Gasteiger partial charge in [-0.2, -0.15) is 0 Å². The first-order valence-corrected chi connectivity index (χ1v) is 9.01. The molecule has 0 radical (unpaired) electrons. The van der Waals surface area contributed by atoms with E-state index in [0.29, 0.717) is 4.88 Å². The van der Waals surface area contributed by atoms with Crippen LogP contribution in [-0.2, 0) is 11.3 Å². The summed E-state index contributed by atoms with van der Waals surface area (Å²) < 4.78 is 0. The van der Waals surface area contributed by atoms with E-state index in [2.05, 4.69) is 15.5 Å². The van der Waals surface area contributed by atoms with E-state index in [9.17, 15) is 9.59 Å². The molecule has 0 saturated carbocycles. The molecule has 0 aliphatic carbocycles. The Morgan fingerprint density at radius 1 is 1.08 bits per heavy atom. The third-order valence-corrected chi connectivity index (χ3v) is 4.87. The van der Waals surface area contributed by atoms with Crippen LogP contribution in [0.1, 0.15) is 28.1 Å². The number of carbonyl (C=O) groups is 2. The molecule has 6 heteroatoms. The molecule has 1 saturated heterocycles. The van der Waals surface area contributed by atoms with Gasteiger partial charge in [-0.05, 0) is 55.1 Å². The van der Waals surface area contributed by atoms with Crippen LogP contribution in [0.3, 0.4) is 0 Å². The van der Waals surface area contributed by atoms with Gasteiger partial charge in [0.15, 0.2) is 0 Å². The number of nitrogens with zero attached hydrogens (tertiary/aromatic N) is 1. The van der Waals surface area contributed by atoms with Crippen molar-refractivity contribution in [3.8, 4) is 0 Å². The van der Waals surface area contributed by atoms with Crippen molar-refractivity contribution in [2.45, 2.75) is 19.4 Å². The molecule has 0 atom stereocenters. The topological polar surface area (TPSA) is 61.4 Å². The Hall–Kier alpha value is -2.18. The number of hydrogen-bond donors (Lipinski definition) is 2. The van der Waals surface area contributed by atoms with Crippen molar-refractivity contribution in [1.82, 2.24) is 10.2 Å². The fourth-order valence-corrected chi connectivity index (χ4v) is 3.39. The van der Waals surface area contributed by atoms with E-state index < -0.39 is 0 Å².